The SMILES string of the molecule is CCOC(=O)C(Cc1c(Cl)cccc1-c1cccs1)C(=O)O. The molecule has 6 heteroatoms. The second-order valence-corrected chi connectivity index (χ2v) is 5.95. The van der Waals surface area contributed by atoms with Gasteiger partial charge in [-0.3, -0.25) is 9.59 Å². The van der Waals surface area contributed by atoms with Crippen LogP contribution in [0.25, 0.3) is 10.4 Å². The second-order valence-electron chi connectivity index (χ2n) is 4.59. The minimum absolute atomic E-state index is 0.00106. The summed E-state index contributed by atoms with van der Waals surface area (Å²) in [6, 6.07) is 9.21. The topological polar surface area (TPSA) is 63.6 Å². The van der Waals surface area contributed by atoms with E-state index in [-0.39, 0.29) is 13.0 Å². The fourth-order valence-electron chi connectivity index (χ4n) is 2.15. The van der Waals surface area contributed by atoms with Crippen molar-refractivity contribution in [3.8, 4) is 10.4 Å². The smallest absolute Gasteiger partial charge is 0.320 e. The van der Waals surface area contributed by atoms with Crippen LogP contribution in [0.1, 0.15) is 12.5 Å². The molecule has 4 nitrogen and oxygen atoms in total. The number of carbonyl (C=O) groups excluding carboxylic acids is 1. The first kappa shape index (κ1) is 16.5. The third-order valence-electron chi connectivity index (χ3n) is 3.18. The van der Waals surface area contributed by atoms with Gasteiger partial charge < -0.3 is 9.84 Å². The quantitative estimate of drug-likeness (QED) is 0.641. The Bertz CT molecular complexity index is 667. The molecule has 0 aliphatic carbocycles. The summed E-state index contributed by atoms with van der Waals surface area (Å²) in [5.41, 5.74) is 1.49. The van der Waals surface area contributed by atoms with E-state index >= 15 is 0 Å². The highest BCUT2D eigenvalue weighted by atomic mass is 35.5. The summed E-state index contributed by atoms with van der Waals surface area (Å²) in [4.78, 5) is 24.2. The number of carbonyl (C=O) groups is 2. The highest BCUT2D eigenvalue weighted by Crippen LogP contribution is 2.34. The molecule has 0 bridgehead atoms. The van der Waals surface area contributed by atoms with E-state index in [1.165, 1.54) is 11.3 Å². The Balaban J connectivity index is 2.39. The lowest BCUT2D eigenvalue weighted by Crippen LogP contribution is -2.28. The van der Waals surface area contributed by atoms with Crippen molar-refractivity contribution < 1.29 is 19.4 Å². The van der Waals surface area contributed by atoms with Crippen molar-refractivity contribution in [2.75, 3.05) is 6.61 Å². The Morgan fingerprint density at radius 1 is 1.32 bits per heavy atom. The van der Waals surface area contributed by atoms with Crippen LogP contribution < -0.4 is 0 Å². The molecular formula is C16H15ClO4S. The highest BCUT2D eigenvalue weighted by molar-refractivity contribution is 7.13. The van der Waals surface area contributed by atoms with E-state index < -0.39 is 17.9 Å². The standard InChI is InChI=1S/C16H15ClO4S/c1-2-21-16(20)12(15(18)19)9-11-10(5-3-6-13(11)17)14-7-4-8-22-14/h3-8,12H,2,9H2,1H3,(H,18,19). The van der Waals surface area contributed by atoms with Crippen LogP contribution >= 0.6 is 22.9 Å². The maximum atomic E-state index is 11.9. The minimum atomic E-state index is -1.27. The van der Waals surface area contributed by atoms with Gasteiger partial charge >= 0.3 is 11.9 Å². The molecule has 0 spiro atoms. The Hall–Kier alpha value is -1.85. The van der Waals surface area contributed by atoms with E-state index in [0.717, 1.165) is 10.4 Å². The van der Waals surface area contributed by atoms with Gasteiger partial charge in [-0.2, -0.15) is 0 Å². The van der Waals surface area contributed by atoms with Crippen LogP contribution in [0.2, 0.25) is 5.02 Å². The van der Waals surface area contributed by atoms with Crippen molar-refractivity contribution in [1.82, 2.24) is 0 Å². The van der Waals surface area contributed by atoms with Gasteiger partial charge in [-0.1, -0.05) is 29.8 Å². The summed E-state index contributed by atoms with van der Waals surface area (Å²) in [7, 11) is 0. The average Bonchev–Trinajstić information content (AvgIpc) is 2.99. The lowest BCUT2D eigenvalue weighted by atomic mass is 9.95. The minimum Gasteiger partial charge on any atom is -0.481 e. The van der Waals surface area contributed by atoms with E-state index in [0.29, 0.717) is 10.6 Å². The molecule has 2 aromatic rings. The van der Waals surface area contributed by atoms with Gasteiger partial charge in [0.2, 0.25) is 0 Å². The van der Waals surface area contributed by atoms with E-state index in [2.05, 4.69) is 0 Å². The molecule has 0 saturated heterocycles. The molecule has 0 radical (unpaired) electrons. The summed E-state index contributed by atoms with van der Waals surface area (Å²) < 4.78 is 4.85. The normalized spacial score (nSPS) is 11.9. The van der Waals surface area contributed by atoms with Crippen molar-refractivity contribution in [3.05, 3.63) is 46.3 Å². The molecule has 0 saturated carbocycles. The molecular weight excluding hydrogens is 324 g/mol. The molecule has 1 aromatic carbocycles. The number of carboxylic acids is 1. The van der Waals surface area contributed by atoms with Crippen LogP contribution in [0.15, 0.2) is 35.7 Å². The lowest BCUT2D eigenvalue weighted by molar-refractivity contribution is -0.158. The maximum Gasteiger partial charge on any atom is 0.320 e. The van der Waals surface area contributed by atoms with Crippen LogP contribution in [0.4, 0.5) is 0 Å². The lowest BCUT2D eigenvalue weighted by Gasteiger charge is -2.15. The molecule has 2 rings (SSSR count). The van der Waals surface area contributed by atoms with Gasteiger partial charge in [0.25, 0.3) is 0 Å². The number of aliphatic carboxylic acids is 1. The summed E-state index contributed by atoms with van der Waals surface area (Å²) in [5.74, 6) is -3.22. The number of thiophene rings is 1. The van der Waals surface area contributed by atoms with E-state index in [9.17, 15) is 14.7 Å². The number of benzene rings is 1. The van der Waals surface area contributed by atoms with Gasteiger partial charge in [0, 0.05) is 9.90 Å². The zero-order valence-electron chi connectivity index (χ0n) is 11.9. The van der Waals surface area contributed by atoms with Crippen LogP contribution in [0, 0.1) is 5.92 Å². The van der Waals surface area contributed by atoms with Crippen LogP contribution in [0.3, 0.4) is 0 Å². The predicted molar refractivity (Wildman–Crippen MR) is 86.2 cm³/mol. The number of carboxylic acid groups (broad SMARTS) is 1. The second kappa shape index (κ2) is 7.42. The molecule has 116 valence electrons. The van der Waals surface area contributed by atoms with Crippen LogP contribution in [-0.4, -0.2) is 23.7 Å². The Labute approximate surface area is 137 Å². The van der Waals surface area contributed by atoms with Crippen molar-refractivity contribution in [2.24, 2.45) is 5.92 Å². The number of rotatable bonds is 6. The third kappa shape index (κ3) is 3.67. The van der Waals surface area contributed by atoms with Gasteiger partial charge in [0.15, 0.2) is 5.92 Å². The summed E-state index contributed by atoms with van der Waals surface area (Å²) in [5, 5.41) is 11.7. The van der Waals surface area contributed by atoms with Gasteiger partial charge in [-0.25, -0.2) is 0 Å². The molecule has 1 heterocycles. The number of hydrogen-bond acceptors (Lipinski definition) is 4. The number of halogens is 1. The zero-order valence-corrected chi connectivity index (χ0v) is 13.5. The summed E-state index contributed by atoms with van der Waals surface area (Å²) >= 11 is 7.77. The molecule has 1 N–H and O–H groups in total. The molecule has 0 fully saturated rings. The predicted octanol–water partition coefficient (Wildman–Crippen LogP) is 3.87. The van der Waals surface area contributed by atoms with Gasteiger partial charge in [0.05, 0.1) is 6.61 Å². The molecule has 1 aromatic heterocycles. The van der Waals surface area contributed by atoms with Crippen LogP contribution in [0.5, 0.6) is 0 Å². The number of hydrogen-bond donors (Lipinski definition) is 1. The first-order valence-corrected chi connectivity index (χ1v) is 8.01. The summed E-state index contributed by atoms with van der Waals surface area (Å²) in [6.07, 6.45) is 0.00106. The Kier molecular flexibility index (Phi) is 5.57. The Morgan fingerprint density at radius 3 is 2.68 bits per heavy atom. The van der Waals surface area contributed by atoms with Crippen molar-refractivity contribution in [3.63, 3.8) is 0 Å². The molecule has 0 aliphatic rings. The Morgan fingerprint density at radius 2 is 2.09 bits per heavy atom. The van der Waals surface area contributed by atoms with Crippen molar-refractivity contribution in [1.29, 1.82) is 0 Å². The fraction of sp³-hybridized carbons (Fsp3) is 0.250. The van der Waals surface area contributed by atoms with Gasteiger partial charge in [-0.05, 0) is 42.0 Å². The fourth-order valence-corrected chi connectivity index (χ4v) is 3.18. The summed E-state index contributed by atoms with van der Waals surface area (Å²) in [6.45, 7) is 1.78. The average molecular weight is 339 g/mol. The highest BCUT2D eigenvalue weighted by Gasteiger charge is 2.29. The molecule has 22 heavy (non-hydrogen) atoms. The first-order chi connectivity index (χ1) is 10.5. The van der Waals surface area contributed by atoms with Crippen LogP contribution in [-0.2, 0) is 20.7 Å². The third-order valence-corrected chi connectivity index (χ3v) is 4.44. The first-order valence-electron chi connectivity index (χ1n) is 6.75. The van der Waals surface area contributed by atoms with Gasteiger partial charge in [-0.15, -0.1) is 11.3 Å². The monoisotopic (exact) mass is 338 g/mol. The molecule has 0 aliphatic heterocycles. The van der Waals surface area contributed by atoms with Crippen molar-refractivity contribution in [2.45, 2.75) is 13.3 Å². The molecule has 1 unspecified atom stereocenters. The van der Waals surface area contributed by atoms with Gasteiger partial charge in [0.1, 0.15) is 0 Å². The van der Waals surface area contributed by atoms with E-state index in [1.54, 1.807) is 19.1 Å². The molecule has 0 amide bonds. The number of esters is 1. The maximum absolute atomic E-state index is 11.9. The van der Waals surface area contributed by atoms with Crippen molar-refractivity contribution >= 4 is 34.9 Å². The zero-order chi connectivity index (χ0) is 16.1. The van der Waals surface area contributed by atoms with E-state index in [4.69, 9.17) is 16.3 Å². The van der Waals surface area contributed by atoms with E-state index in [1.807, 2.05) is 23.6 Å². The number of ether oxygens (including phenoxy) is 1. The molecule has 1 atom stereocenters. The largest absolute Gasteiger partial charge is 0.481 e.